The minimum absolute atomic E-state index is 0.0449. The third-order valence-corrected chi connectivity index (χ3v) is 5.21. The number of amides is 1. The summed E-state index contributed by atoms with van der Waals surface area (Å²) >= 11 is 7.32. The number of carbonyl (C=O) groups is 1. The van der Waals surface area contributed by atoms with Crippen LogP contribution < -0.4 is 5.32 Å². The SMILES string of the molecule is Cc1ccc(NC(=O)[C@@H](C)Sc2n[nH]c(-c3ccccc3Cl)n2)cc1[N+](=O)[O-]. The van der Waals surface area contributed by atoms with E-state index in [9.17, 15) is 14.9 Å². The molecule has 10 heteroatoms. The van der Waals surface area contributed by atoms with Crippen LogP contribution in [0.4, 0.5) is 11.4 Å². The summed E-state index contributed by atoms with van der Waals surface area (Å²) in [4.78, 5) is 27.3. The molecule has 1 amide bonds. The number of hydrogen-bond donors (Lipinski definition) is 2. The van der Waals surface area contributed by atoms with E-state index < -0.39 is 10.2 Å². The summed E-state index contributed by atoms with van der Waals surface area (Å²) in [5.74, 6) is 0.196. The number of carbonyl (C=O) groups excluding carboxylic acids is 1. The third kappa shape index (κ3) is 4.49. The van der Waals surface area contributed by atoms with E-state index >= 15 is 0 Å². The molecule has 0 aliphatic carbocycles. The molecule has 1 atom stereocenters. The minimum atomic E-state index is -0.518. The molecule has 0 saturated carbocycles. The molecule has 3 aromatic rings. The Labute approximate surface area is 169 Å². The number of nitrogens with zero attached hydrogens (tertiary/aromatic N) is 3. The fourth-order valence-corrected chi connectivity index (χ4v) is 3.36. The van der Waals surface area contributed by atoms with Gasteiger partial charge in [0.15, 0.2) is 5.82 Å². The zero-order chi connectivity index (χ0) is 20.3. The van der Waals surface area contributed by atoms with Gasteiger partial charge in [0.05, 0.1) is 15.2 Å². The van der Waals surface area contributed by atoms with Gasteiger partial charge in [0.25, 0.3) is 5.69 Å². The second-order valence-electron chi connectivity index (χ2n) is 5.95. The molecule has 8 nitrogen and oxygen atoms in total. The van der Waals surface area contributed by atoms with Crippen molar-refractivity contribution >= 4 is 40.6 Å². The standard InChI is InChI=1S/C18H16ClN5O3S/c1-10-7-8-12(9-15(10)24(26)27)20-17(25)11(2)28-18-21-16(22-23-18)13-5-3-4-6-14(13)19/h3-9,11H,1-2H3,(H,20,25)(H,21,22,23)/t11-/m1/s1. The summed E-state index contributed by atoms with van der Waals surface area (Å²) in [6, 6.07) is 11.8. The van der Waals surface area contributed by atoms with Crippen LogP contribution in [0.2, 0.25) is 5.02 Å². The van der Waals surface area contributed by atoms with Gasteiger partial charge < -0.3 is 5.32 Å². The molecule has 1 heterocycles. The number of nitro benzene ring substituents is 1. The Hall–Kier alpha value is -2.91. The molecule has 2 N–H and O–H groups in total. The number of rotatable bonds is 6. The predicted octanol–water partition coefficient (Wildman–Crippen LogP) is 4.46. The van der Waals surface area contributed by atoms with Crippen molar-refractivity contribution in [3.8, 4) is 11.4 Å². The first-order valence-corrected chi connectivity index (χ1v) is 9.51. The Balaban J connectivity index is 1.68. The number of hydrogen-bond acceptors (Lipinski definition) is 6. The first-order valence-electron chi connectivity index (χ1n) is 8.25. The van der Waals surface area contributed by atoms with E-state index in [4.69, 9.17) is 11.6 Å². The lowest BCUT2D eigenvalue weighted by molar-refractivity contribution is -0.385. The van der Waals surface area contributed by atoms with E-state index in [1.54, 1.807) is 32.0 Å². The average Bonchev–Trinajstić information content (AvgIpc) is 3.11. The Morgan fingerprint density at radius 2 is 2.07 bits per heavy atom. The molecule has 0 unspecified atom stereocenters. The lowest BCUT2D eigenvalue weighted by Gasteiger charge is -2.10. The van der Waals surface area contributed by atoms with Crippen LogP contribution in [-0.4, -0.2) is 31.3 Å². The van der Waals surface area contributed by atoms with Crippen molar-refractivity contribution in [3.05, 3.63) is 63.2 Å². The highest BCUT2D eigenvalue weighted by Gasteiger charge is 2.19. The quantitative estimate of drug-likeness (QED) is 0.347. The zero-order valence-electron chi connectivity index (χ0n) is 15.0. The number of nitrogens with one attached hydrogen (secondary N) is 2. The number of H-pyrrole nitrogens is 1. The van der Waals surface area contributed by atoms with Gasteiger partial charge in [-0.2, -0.15) is 0 Å². The number of aryl methyl sites for hydroxylation is 1. The Kier molecular flexibility index (Phi) is 5.96. The first kappa shape index (κ1) is 19.8. The van der Waals surface area contributed by atoms with Gasteiger partial charge in [0, 0.05) is 22.9 Å². The van der Waals surface area contributed by atoms with Gasteiger partial charge in [-0.1, -0.05) is 41.6 Å². The van der Waals surface area contributed by atoms with Gasteiger partial charge >= 0.3 is 0 Å². The van der Waals surface area contributed by atoms with Gasteiger partial charge in [-0.25, -0.2) is 4.98 Å². The van der Waals surface area contributed by atoms with Gasteiger partial charge in [0.2, 0.25) is 11.1 Å². The van der Waals surface area contributed by atoms with E-state index in [1.165, 1.54) is 6.07 Å². The molecule has 0 saturated heterocycles. The molecule has 0 bridgehead atoms. The first-order chi connectivity index (χ1) is 13.3. The number of aromatic amines is 1. The van der Waals surface area contributed by atoms with Crippen molar-refractivity contribution in [1.82, 2.24) is 15.2 Å². The lowest BCUT2D eigenvalue weighted by Crippen LogP contribution is -2.22. The van der Waals surface area contributed by atoms with Crippen molar-refractivity contribution in [1.29, 1.82) is 0 Å². The average molecular weight is 418 g/mol. The third-order valence-electron chi connectivity index (χ3n) is 3.92. The maximum atomic E-state index is 12.4. The minimum Gasteiger partial charge on any atom is -0.325 e. The highest BCUT2D eigenvalue weighted by atomic mass is 35.5. The van der Waals surface area contributed by atoms with E-state index in [2.05, 4.69) is 20.5 Å². The number of nitro groups is 1. The molecule has 28 heavy (non-hydrogen) atoms. The molecule has 2 aromatic carbocycles. The highest BCUT2D eigenvalue weighted by molar-refractivity contribution is 8.00. The molecule has 1 aromatic heterocycles. The number of thioether (sulfide) groups is 1. The van der Waals surface area contributed by atoms with E-state index in [0.717, 1.165) is 11.8 Å². The van der Waals surface area contributed by atoms with Crippen molar-refractivity contribution in [3.63, 3.8) is 0 Å². The molecule has 0 fully saturated rings. The fourth-order valence-electron chi connectivity index (χ4n) is 2.41. The summed E-state index contributed by atoms with van der Waals surface area (Å²) < 4.78 is 0. The lowest BCUT2D eigenvalue weighted by atomic mass is 10.2. The fraction of sp³-hybridized carbons (Fsp3) is 0.167. The largest absolute Gasteiger partial charge is 0.325 e. The Morgan fingerprint density at radius 3 is 2.79 bits per heavy atom. The zero-order valence-corrected chi connectivity index (χ0v) is 16.5. The summed E-state index contributed by atoms with van der Waals surface area (Å²) in [5.41, 5.74) is 1.56. The predicted molar refractivity (Wildman–Crippen MR) is 109 cm³/mol. The van der Waals surface area contributed by atoms with Crippen LogP contribution in [0.15, 0.2) is 47.6 Å². The number of benzene rings is 2. The van der Waals surface area contributed by atoms with Crippen LogP contribution in [0, 0.1) is 17.0 Å². The van der Waals surface area contributed by atoms with Gasteiger partial charge in [-0.15, -0.1) is 5.10 Å². The van der Waals surface area contributed by atoms with Gasteiger partial charge in [-0.3, -0.25) is 20.0 Å². The van der Waals surface area contributed by atoms with Gasteiger partial charge in [0.1, 0.15) is 0 Å². The van der Waals surface area contributed by atoms with Crippen LogP contribution in [0.5, 0.6) is 0 Å². The second-order valence-corrected chi connectivity index (χ2v) is 7.67. The van der Waals surface area contributed by atoms with E-state index in [1.807, 2.05) is 18.2 Å². The van der Waals surface area contributed by atoms with Crippen molar-refractivity contribution in [2.24, 2.45) is 0 Å². The maximum Gasteiger partial charge on any atom is 0.274 e. The second kappa shape index (κ2) is 8.41. The van der Waals surface area contributed by atoms with Crippen molar-refractivity contribution in [2.45, 2.75) is 24.3 Å². The van der Waals surface area contributed by atoms with Crippen LogP contribution in [0.25, 0.3) is 11.4 Å². The molecule has 0 spiro atoms. The normalized spacial score (nSPS) is 11.8. The summed E-state index contributed by atoms with van der Waals surface area (Å²) in [6.45, 7) is 3.34. The van der Waals surface area contributed by atoms with Gasteiger partial charge in [-0.05, 0) is 32.0 Å². The molecular formula is C18H16ClN5O3S. The topological polar surface area (TPSA) is 114 Å². The number of anilines is 1. The van der Waals surface area contributed by atoms with Crippen LogP contribution in [-0.2, 0) is 4.79 Å². The summed E-state index contributed by atoms with van der Waals surface area (Å²) in [5, 5.41) is 21.1. The molecule has 3 rings (SSSR count). The molecular weight excluding hydrogens is 402 g/mol. The van der Waals surface area contributed by atoms with Crippen LogP contribution >= 0.6 is 23.4 Å². The van der Waals surface area contributed by atoms with Crippen LogP contribution in [0.1, 0.15) is 12.5 Å². The van der Waals surface area contributed by atoms with E-state index in [0.29, 0.717) is 32.8 Å². The summed E-state index contributed by atoms with van der Waals surface area (Å²) in [7, 11) is 0. The van der Waals surface area contributed by atoms with Crippen LogP contribution in [0.3, 0.4) is 0 Å². The summed E-state index contributed by atoms with van der Waals surface area (Å²) in [6.07, 6.45) is 0. The van der Waals surface area contributed by atoms with E-state index in [-0.39, 0.29) is 11.6 Å². The molecule has 0 aliphatic rings. The molecule has 0 aliphatic heterocycles. The Bertz CT molecular complexity index is 1040. The number of halogens is 1. The highest BCUT2D eigenvalue weighted by Crippen LogP contribution is 2.28. The van der Waals surface area contributed by atoms with Crippen molar-refractivity contribution < 1.29 is 9.72 Å². The maximum absolute atomic E-state index is 12.4. The number of aromatic nitrogens is 3. The Morgan fingerprint density at radius 1 is 1.32 bits per heavy atom. The molecule has 0 radical (unpaired) electrons. The monoisotopic (exact) mass is 417 g/mol. The van der Waals surface area contributed by atoms with Crippen molar-refractivity contribution in [2.75, 3.05) is 5.32 Å². The molecule has 144 valence electrons. The smallest absolute Gasteiger partial charge is 0.274 e.